The van der Waals surface area contributed by atoms with Crippen molar-refractivity contribution in [2.45, 2.75) is 12.8 Å². The third-order valence-corrected chi connectivity index (χ3v) is 6.71. The molecular weight excluding hydrogens is 412 g/mol. The van der Waals surface area contributed by atoms with E-state index >= 15 is 0 Å². The van der Waals surface area contributed by atoms with E-state index in [9.17, 15) is 4.79 Å². The molecular formula is C22H24N6O2S. The van der Waals surface area contributed by atoms with Crippen LogP contribution in [0.25, 0.3) is 32.5 Å². The fourth-order valence-electron chi connectivity index (χ4n) is 3.81. The molecule has 0 radical (unpaired) electrons. The molecule has 160 valence electrons. The first-order valence-electron chi connectivity index (χ1n) is 10.4. The van der Waals surface area contributed by atoms with Crippen LogP contribution in [0.1, 0.15) is 11.3 Å². The van der Waals surface area contributed by atoms with Gasteiger partial charge in [-0.3, -0.25) is 9.89 Å². The molecule has 1 N–H and O–H groups in total. The smallest absolute Gasteiger partial charge is 0.222 e. The number of aromatic nitrogens is 4. The summed E-state index contributed by atoms with van der Waals surface area (Å²) >= 11 is 1.68. The molecule has 0 atom stereocenters. The van der Waals surface area contributed by atoms with Crippen LogP contribution in [0.3, 0.4) is 0 Å². The minimum Gasteiger partial charge on any atom is -0.378 e. The van der Waals surface area contributed by atoms with Crippen molar-refractivity contribution in [2.24, 2.45) is 0 Å². The van der Waals surface area contributed by atoms with E-state index < -0.39 is 0 Å². The number of aryl methyl sites for hydroxylation is 1. The molecule has 4 aromatic rings. The van der Waals surface area contributed by atoms with Gasteiger partial charge in [0.2, 0.25) is 5.91 Å². The molecule has 0 saturated carbocycles. The van der Waals surface area contributed by atoms with E-state index in [4.69, 9.17) is 14.7 Å². The highest BCUT2D eigenvalue weighted by molar-refractivity contribution is 7.19. The lowest BCUT2D eigenvalue weighted by Crippen LogP contribution is -2.36. The van der Waals surface area contributed by atoms with Crippen molar-refractivity contribution >= 4 is 44.2 Å². The minimum atomic E-state index is 0.129. The van der Waals surface area contributed by atoms with Crippen molar-refractivity contribution in [1.29, 1.82) is 0 Å². The maximum absolute atomic E-state index is 12.1. The first-order chi connectivity index (χ1) is 15.1. The maximum Gasteiger partial charge on any atom is 0.222 e. The number of carbonyl (C=O) groups is 1. The van der Waals surface area contributed by atoms with E-state index in [1.54, 1.807) is 30.3 Å². The van der Waals surface area contributed by atoms with E-state index in [2.05, 4.69) is 21.2 Å². The summed E-state index contributed by atoms with van der Waals surface area (Å²) in [6, 6.07) is 8.13. The second-order valence-corrected chi connectivity index (χ2v) is 8.96. The predicted molar refractivity (Wildman–Crippen MR) is 123 cm³/mol. The average molecular weight is 437 g/mol. The van der Waals surface area contributed by atoms with Gasteiger partial charge in [0.25, 0.3) is 0 Å². The van der Waals surface area contributed by atoms with E-state index in [0.29, 0.717) is 31.9 Å². The van der Waals surface area contributed by atoms with Gasteiger partial charge in [0.1, 0.15) is 0 Å². The number of anilines is 1. The van der Waals surface area contributed by atoms with Gasteiger partial charge < -0.3 is 14.5 Å². The second kappa shape index (κ2) is 8.24. The Labute approximate surface area is 183 Å². The quantitative estimate of drug-likeness (QED) is 0.517. The third-order valence-electron chi connectivity index (χ3n) is 5.53. The largest absolute Gasteiger partial charge is 0.378 e. The van der Waals surface area contributed by atoms with Gasteiger partial charge in [-0.05, 0) is 18.6 Å². The number of hydrogen-bond donors (Lipinski definition) is 1. The molecule has 1 aliphatic rings. The Bertz CT molecular complexity index is 1240. The minimum absolute atomic E-state index is 0.129. The van der Waals surface area contributed by atoms with Crippen molar-refractivity contribution in [3.63, 3.8) is 0 Å². The summed E-state index contributed by atoms with van der Waals surface area (Å²) in [5, 5.41) is 8.20. The predicted octanol–water partition coefficient (Wildman–Crippen LogP) is 3.09. The van der Waals surface area contributed by atoms with Crippen molar-refractivity contribution < 1.29 is 9.53 Å². The molecule has 3 aromatic heterocycles. The maximum atomic E-state index is 12.1. The number of aromatic amines is 1. The summed E-state index contributed by atoms with van der Waals surface area (Å²) in [5.41, 5.74) is 2.84. The van der Waals surface area contributed by atoms with Crippen molar-refractivity contribution in [3.8, 4) is 11.4 Å². The number of rotatable bonds is 5. The van der Waals surface area contributed by atoms with Crippen molar-refractivity contribution in [3.05, 3.63) is 35.3 Å². The number of nitrogens with zero attached hydrogens (tertiary/aromatic N) is 5. The summed E-state index contributed by atoms with van der Waals surface area (Å²) in [5.74, 6) is 1.76. The van der Waals surface area contributed by atoms with Crippen LogP contribution in [0, 0.1) is 0 Å². The van der Waals surface area contributed by atoms with Gasteiger partial charge >= 0.3 is 0 Å². The number of thiophene rings is 1. The van der Waals surface area contributed by atoms with Gasteiger partial charge in [0.15, 0.2) is 11.6 Å². The molecule has 0 spiro atoms. The first-order valence-corrected chi connectivity index (χ1v) is 11.2. The molecule has 5 rings (SSSR count). The Morgan fingerprint density at radius 2 is 2.10 bits per heavy atom. The summed E-state index contributed by atoms with van der Waals surface area (Å²) in [6.45, 7) is 2.98. The van der Waals surface area contributed by atoms with Crippen LogP contribution < -0.4 is 4.90 Å². The number of H-pyrrole nitrogens is 1. The van der Waals surface area contributed by atoms with Gasteiger partial charge in [-0.2, -0.15) is 5.10 Å². The topological polar surface area (TPSA) is 87.2 Å². The summed E-state index contributed by atoms with van der Waals surface area (Å²) < 4.78 is 6.62. The Morgan fingerprint density at radius 1 is 1.26 bits per heavy atom. The zero-order chi connectivity index (χ0) is 21.4. The SMILES string of the molecule is CN(C)C(=O)CCc1cc2nc(-c3cccc4[nH]ncc34)nc(N3CCOCC3)c2s1. The van der Waals surface area contributed by atoms with Crippen LogP contribution in [0.2, 0.25) is 0 Å². The molecule has 0 bridgehead atoms. The summed E-state index contributed by atoms with van der Waals surface area (Å²) in [4.78, 5) is 27.0. The molecule has 1 saturated heterocycles. The molecule has 8 nitrogen and oxygen atoms in total. The van der Waals surface area contributed by atoms with Crippen molar-refractivity contribution in [2.75, 3.05) is 45.3 Å². The molecule has 1 aliphatic heterocycles. The Kier molecular flexibility index (Phi) is 5.29. The lowest BCUT2D eigenvalue weighted by atomic mass is 10.1. The van der Waals surface area contributed by atoms with E-state index in [1.807, 2.05) is 24.4 Å². The lowest BCUT2D eigenvalue weighted by Gasteiger charge is -2.28. The van der Waals surface area contributed by atoms with Gasteiger partial charge in [-0.15, -0.1) is 11.3 Å². The number of fused-ring (bicyclic) bond motifs is 2. The van der Waals surface area contributed by atoms with E-state index in [0.717, 1.165) is 50.5 Å². The average Bonchev–Trinajstić information content (AvgIpc) is 3.43. The van der Waals surface area contributed by atoms with Gasteiger partial charge in [-0.1, -0.05) is 12.1 Å². The highest BCUT2D eigenvalue weighted by atomic mass is 32.1. The van der Waals surface area contributed by atoms with Gasteiger partial charge in [-0.25, -0.2) is 9.97 Å². The third kappa shape index (κ3) is 3.86. The normalized spacial score (nSPS) is 14.5. The number of amides is 1. The first kappa shape index (κ1) is 19.9. The standard InChI is InChI=1S/C22H24N6O2S/c1-27(2)19(29)7-6-14-12-18-20(31-14)22(28-8-10-30-11-9-28)25-21(24-18)15-4-3-5-17-16(15)13-23-26-17/h3-5,12-13H,6-11H2,1-2H3,(H,23,26). The van der Waals surface area contributed by atoms with Crippen LogP contribution >= 0.6 is 11.3 Å². The van der Waals surface area contributed by atoms with Crippen LogP contribution in [-0.2, 0) is 16.0 Å². The zero-order valence-corrected chi connectivity index (χ0v) is 18.4. The Balaban J connectivity index is 1.60. The lowest BCUT2D eigenvalue weighted by molar-refractivity contribution is -0.128. The fourth-order valence-corrected chi connectivity index (χ4v) is 4.93. The number of benzene rings is 1. The number of ether oxygens (including phenoxy) is 1. The molecule has 9 heteroatoms. The monoisotopic (exact) mass is 436 g/mol. The molecule has 31 heavy (non-hydrogen) atoms. The molecule has 4 heterocycles. The zero-order valence-electron chi connectivity index (χ0n) is 17.6. The van der Waals surface area contributed by atoms with E-state index in [-0.39, 0.29) is 5.91 Å². The van der Waals surface area contributed by atoms with Gasteiger partial charge in [0.05, 0.1) is 35.1 Å². The number of carbonyl (C=O) groups excluding carboxylic acids is 1. The fraction of sp³-hybridized carbons (Fsp3) is 0.364. The highest BCUT2D eigenvalue weighted by Gasteiger charge is 2.21. The van der Waals surface area contributed by atoms with Crippen LogP contribution in [0.5, 0.6) is 0 Å². The van der Waals surface area contributed by atoms with Crippen molar-refractivity contribution in [1.82, 2.24) is 25.1 Å². The summed E-state index contributed by atoms with van der Waals surface area (Å²) in [6.07, 6.45) is 3.01. The molecule has 0 aliphatic carbocycles. The molecule has 0 unspecified atom stereocenters. The Morgan fingerprint density at radius 3 is 2.90 bits per heavy atom. The number of morpholine rings is 1. The number of nitrogens with one attached hydrogen (secondary N) is 1. The van der Waals surface area contributed by atoms with Crippen LogP contribution in [0.15, 0.2) is 30.5 Å². The van der Waals surface area contributed by atoms with E-state index in [1.165, 1.54) is 0 Å². The number of hydrogen-bond acceptors (Lipinski definition) is 7. The van der Waals surface area contributed by atoms with Crippen LogP contribution in [-0.4, -0.2) is 71.4 Å². The Hall–Kier alpha value is -3.04. The van der Waals surface area contributed by atoms with Gasteiger partial charge in [0, 0.05) is 49.4 Å². The molecule has 1 fully saturated rings. The second-order valence-electron chi connectivity index (χ2n) is 7.82. The summed E-state index contributed by atoms with van der Waals surface area (Å²) in [7, 11) is 3.58. The van der Waals surface area contributed by atoms with Crippen LogP contribution in [0.4, 0.5) is 5.82 Å². The highest BCUT2D eigenvalue weighted by Crippen LogP contribution is 2.36. The molecule has 1 aromatic carbocycles. The molecule has 1 amide bonds.